The fraction of sp³-hybridized carbons (Fsp3) is 0.0204. The second-order valence-electron chi connectivity index (χ2n) is 13.0. The number of anilines is 3. The molecule has 1 aliphatic rings. The van der Waals surface area contributed by atoms with Crippen LogP contribution in [-0.2, 0) is 0 Å². The molecule has 2 heteroatoms. The Morgan fingerprint density at radius 2 is 1.06 bits per heavy atom. The molecule has 0 fully saturated rings. The minimum Gasteiger partial charge on any atom is -0.354 e. The second-order valence-corrected chi connectivity index (χ2v) is 13.0. The zero-order valence-corrected chi connectivity index (χ0v) is 28.4. The molecule has 0 saturated heterocycles. The Bertz CT molecular complexity index is 2580. The van der Waals surface area contributed by atoms with Crippen LogP contribution in [0.1, 0.15) is 12.6 Å². The van der Waals surface area contributed by atoms with E-state index in [0.717, 1.165) is 22.6 Å². The number of hydrogen-bond acceptors (Lipinski definition) is 1. The molecule has 8 aromatic rings. The number of allylic oxidation sites excluding steroid dienone is 2. The molecule has 1 aromatic heterocycles. The van der Waals surface area contributed by atoms with Crippen LogP contribution in [0.3, 0.4) is 0 Å². The molecular formula is C49H36N2. The van der Waals surface area contributed by atoms with Gasteiger partial charge in [-0.2, -0.15) is 0 Å². The Hall–Kier alpha value is -6.64. The average molecular weight is 653 g/mol. The summed E-state index contributed by atoms with van der Waals surface area (Å²) in [4.78, 5) is 6.05. The van der Waals surface area contributed by atoms with E-state index in [4.69, 9.17) is 0 Å². The average Bonchev–Trinajstić information content (AvgIpc) is 3.75. The summed E-state index contributed by atoms with van der Waals surface area (Å²) in [6.45, 7) is 2.05. The normalized spacial score (nSPS) is 12.2. The van der Waals surface area contributed by atoms with Crippen LogP contribution in [0.2, 0.25) is 0 Å². The first kappa shape index (κ1) is 30.4. The molecule has 1 heterocycles. The lowest BCUT2D eigenvalue weighted by Crippen LogP contribution is -2.24. The standard InChI is InChI=1S/C49H36N2/c1-2-3-12-38-17-11-20-44-45(38)33-48-49(44)46-32-40(25-30-47(46)50-48)39-18-10-19-43(31-39)51(41-26-21-36(22-27-41)34-13-6-4-7-14-34)42-28-23-37(24-29-42)35-15-8-5-9-16-35/h2-33,50H,1H3/b3-2-,38-12-. The van der Waals surface area contributed by atoms with E-state index in [9.17, 15) is 0 Å². The van der Waals surface area contributed by atoms with Crippen molar-refractivity contribution in [3.8, 4) is 44.5 Å². The van der Waals surface area contributed by atoms with Gasteiger partial charge < -0.3 is 9.88 Å². The van der Waals surface area contributed by atoms with Crippen molar-refractivity contribution in [1.82, 2.24) is 4.98 Å². The molecule has 51 heavy (non-hydrogen) atoms. The quantitative estimate of drug-likeness (QED) is 0.182. The summed E-state index contributed by atoms with van der Waals surface area (Å²) >= 11 is 0. The predicted molar refractivity (Wildman–Crippen MR) is 217 cm³/mol. The van der Waals surface area contributed by atoms with E-state index >= 15 is 0 Å². The van der Waals surface area contributed by atoms with Crippen molar-refractivity contribution in [1.29, 1.82) is 0 Å². The molecule has 0 amide bonds. The van der Waals surface area contributed by atoms with E-state index in [0.29, 0.717) is 0 Å². The molecule has 0 unspecified atom stereocenters. The maximum Gasteiger partial charge on any atom is 0.0477 e. The number of nitrogens with zero attached hydrogens (tertiary/aromatic N) is 1. The first-order valence-corrected chi connectivity index (χ1v) is 17.5. The molecule has 1 aliphatic carbocycles. The Morgan fingerprint density at radius 1 is 0.490 bits per heavy atom. The van der Waals surface area contributed by atoms with Crippen LogP contribution in [-0.4, -0.2) is 4.98 Å². The van der Waals surface area contributed by atoms with Gasteiger partial charge in [-0.05, 0) is 111 Å². The van der Waals surface area contributed by atoms with E-state index in [1.807, 2.05) is 0 Å². The zero-order valence-electron chi connectivity index (χ0n) is 28.4. The Morgan fingerprint density at radius 3 is 1.71 bits per heavy atom. The Kier molecular flexibility index (Phi) is 7.75. The van der Waals surface area contributed by atoms with Crippen molar-refractivity contribution in [3.63, 3.8) is 0 Å². The summed E-state index contributed by atoms with van der Waals surface area (Å²) in [5.41, 5.74) is 15.4. The maximum absolute atomic E-state index is 3.69. The number of H-pyrrole nitrogens is 1. The zero-order chi connectivity index (χ0) is 34.1. The summed E-state index contributed by atoms with van der Waals surface area (Å²) in [5.74, 6) is 0. The van der Waals surface area contributed by atoms with Crippen molar-refractivity contribution in [3.05, 3.63) is 198 Å². The molecule has 7 aromatic carbocycles. The molecular weight excluding hydrogens is 617 g/mol. The third kappa shape index (κ3) is 5.67. The molecule has 9 rings (SSSR count). The van der Waals surface area contributed by atoms with Gasteiger partial charge in [0.25, 0.3) is 0 Å². The number of hydrogen-bond donors (Lipinski definition) is 1. The first-order chi connectivity index (χ1) is 25.2. The topological polar surface area (TPSA) is 19.0 Å². The number of fused-ring (bicyclic) bond motifs is 5. The minimum atomic E-state index is 1.11. The summed E-state index contributed by atoms with van der Waals surface area (Å²) < 4.78 is 0. The second kappa shape index (κ2) is 13.0. The van der Waals surface area contributed by atoms with Gasteiger partial charge in [-0.3, -0.25) is 0 Å². The van der Waals surface area contributed by atoms with Crippen LogP contribution in [0.4, 0.5) is 17.1 Å². The van der Waals surface area contributed by atoms with Crippen molar-refractivity contribution in [2.45, 2.75) is 6.92 Å². The highest BCUT2D eigenvalue weighted by Gasteiger charge is 2.20. The lowest BCUT2D eigenvalue weighted by molar-refractivity contribution is 1.28. The number of aromatic amines is 1. The predicted octanol–water partition coefficient (Wildman–Crippen LogP) is 11.8. The molecule has 2 nitrogen and oxygen atoms in total. The van der Waals surface area contributed by atoms with E-state index < -0.39 is 0 Å². The molecule has 1 N–H and O–H groups in total. The van der Waals surface area contributed by atoms with Crippen LogP contribution in [0, 0.1) is 0 Å². The van der Waals surface area contributed by atoms with Crippen molar-refractivity contribution >= 4 is 40.1 Å². The summed E-state index contributed by atoms with van der Waals surface area (Å²) in [6, 6.07) is 61.2. The highest BCUT2D eigenvalue weighted by Crippen LogP contribution is 2.40. The van der Waals surface area contributed by atoms with Crippen molar-refractivity contribution in [2.75, 3.05) is 4.90 Å². The highest BCUT2D eigenvalue weighted by atomic mass is 15.1. The molecule has 0 radical (unpaired) electrons. The van der Waals surface area contributed by atoms with Crippen LogP contribution < -0.4 is 15.3 Å². The number of aromatic nitrogens is 1. The van der Waals surface area contributed by atoms with Crippen LogP contribution >= 0.6 is 0 Å². The third-order valence-electron chi connectivity index (χ3n) is 9.90. The maximum atomic E-state index is 3.69. The monoisotopic (exact) mass is 652 g/mol. The lowest BCUT2D eigenvalue weighted by Gasteiger charge is -2.26. The highest BCUT2D eigenvalue weighted by molar-refractivity contribution is 6.04. The van der Waals surface area contributed by atoms with Crippen LogP contribution in [0.5, 0.6) is 0 Å². The van der Waals surface area contributed by atoms with Gasteiger partial charge >= 0.3 is 0 Å². The molecule has 0 bridgehead atoms. The first-order valence-electron chi connectivity index (χ1n) is 17.5. The van der Waals surface area contributed by atoms with E-state index in [1.165, 1.54) is 66.0 Å². The molecule has 0 atom stereocenters. The lowest BCUT2D eigenvalue weighted by atomic mass is 9.98. The molecule has 0 spiro atoms. The van der Waals surface area contributed by atoms with E-state index in [1.54, 1.807) is 0 Å². The number of nitrogens with one attached hydrogen (secondary N) is 1. The third-order valence-corrected chi connectivity index (χ3v) is 9.90. The van der Waals surface area contributed by atoms with Gasteiger partial charge in [-0.1, -0.05) is 140 Å². The van der Waals surface area contributed by atoms with Gasteiger partial charge in [0.1, 0.15) is 0 Å². The van der Waals surface area contributed by atoms with Gasteiger partial charge in [0.05, 0.1) is 0 Å². The van der Waals surface area contributed by atoms with Crippen LogP contribution in [0.25, 0.3) is 67.6 Å². The van der Waals surface area contributed by atoms with Crippen molar-refractivity contribution < 1.29 is 0 Å². The summed E-state index contributed by atoms with van der Waals surface area (Å²) in [7, 11) is 0. The van der Waals surface area contributed by atoms with Crippen LogP contribution in [0.15, 0.2) is 182 Å². The van der Waals surface area contributed by atoms with Crippen molar-refractivity contribution in [2.24, 2.45) is 0 Å². The fourth-order valence-corrected chi connectivity index (χ4v) is 7.38. The van der Waals surface area contributed by atoms with Gasteiger partial charge in [-0.25, -0.2) is 0 Å². The Labute approximate surface area is 298 Å². The van der Waals surface area contributed by atoms with Gasteiger partial charge in [0, 0.05) is 39.2 Å². The van der Waals surface area contributed by atoms with E-state index in [2.05, 4.69) is 211 Å². The largest absolute Gasteiger partial charge is 0.354 e. The van der Waals surface area contributed by atoms with Gasteiger partial charge in [-0.15, -0.1) is 0 Å². The molecule has 0 saturated carbocycles. The number of rotatable bonds is 7. The van der Waals surface area contributed by atoms with Gasteiger partial charge in [0.15, 0.2) is 0 Å². The smallest absolute Gasteiger partial charge is 0.0477 e. The fourth-order valence-electron chi connectivity index (χ4n) is 7.38. The SMILES string of the molecule is C/C=C\C=c1\cccc2c1=Cc1[nH]c3ccc(-c4cccc(N(c5ccc(-c6ccccc6)cc5)c5ccc(-c6ccccc6)cc5)c4)cc3c1-2. The number of benzene rings is 7. The molecule has 242 valence electrons. The van der Waals surface area contributed by atoms with E-state index in [-0.39, 0.29) is 0 Å². The summed E-state index contributed by atoms with van der Waals surface area (Å²) in [5, 5.41) is 3.76. The molecule has 0 aliphatic heterocycles. The summed E-state index contributed by atoms with van der Waals surface area (Å²) in [6.07, 6.45) is 8.67. The Balaban J connectivity index is 1.13. The van der Waals surface area contributed by atoms with Gasteiger partial charge in [0.2, 0.25) is 0 Å². The minimum absolute atomic E-state index is 1.11.